The molecule has 0 unspecified atom stereocenters. The van der Waals surface area contributed by atoms with Crippen molar-refractivity contribution >= 4 is 41.1 Å². The Balaban J connectivity index is 1.46. The highest BCUT2D eigenvalue weighted by atomic mass is 35.5. The lowest BCUT2D eigenvalue weighted by Crippen LogP contribution is -2.50. The summed E-state index contributed by atoms with van der Waals surface area (Å²) in [7, 11) is 0. The first-order valence-corrected chi connectivity index (χ1v) is 10.4. The molecular formula is C22H19Cl2N3O4. The van der Waals surface area contributed by atoms with Gasteiger partial charge in [0.15, 0.2) is 0 Å². The Labute approximate surface area is 189 Å². The van der Waals surface area contributed by atoms with Crippen molar-refractivity contribution in [3.05, 3.63) is 81.0 Å². The van der Waals surface area contributed by atoms with Crippen LogP contribution in [0.25, 0.3) is 0 Å². The first-order valence-electron chi connectivity index (χ1n) is 9.68. The Bertz CT molecular complexity index is 1070. The number of benzene rings is 2. The Kier molecular flexibility index (Phi) is 6.15. The highest BCUT2D eigenvalue weighted by Crippen LogP contribution is 2.37. The molecule has 2 aromatic rings. The minimum Gasteiger partial charge on any atom is -0.456 e. The molecule has 0 bridgehead atoms. The number of hydrogen-bond acceptors (Lipinski definition) is 4. The molecule has 2 aliphatic heterocycles. The van der Waals surface area contributed by atoms with Crippen molar-refractivity contribution in [3.8, 4) is 0 Å². The summed E-state index contributed by atoms with van der Waals surface area (Å²) in [5, 5.41) is 6.64. The number of esters is 1. The van der Waals surface area contributed by atoms with E-state index in [0.29, 0.717) is 39.8 Å². The number of urea groups is 1. The monoisotopic (exact) mass is 459 g/mol. The smallest absolute Gasteiger partial charge is 0.338 e. The van der Waals surface area contributed by atoms with Gasteiger partial charge in [0.05, 0.1) is 17.3 Å². The van der Waals surface area contributed by atoms with Crippen LogP contribution in [0.2, 0.25) is 10.0 Å². The second-order valence-electron chi connectivity index (χ2n) is 7.15. The third-order valence-corrected chi connectivity index (χ3v) is 5.76. The minimum absolute atomic E-state index is 0.0689. The number of carbonyl (C=O) groups excluding carboxylic acids is 3. The van der Waals surface area contributed by atoms with E-state index in [4.69, 9.17) is 27.9 Å². The van der Waals surface area contributed by atoms with Crippen LogP contribution in [0.3, 0.4) is 0 Å². The van der Waals surface area contributed by atoms with E-state index in [2.05, 4.69) is 10.6 Å². The summed E-state index contributed by atoms with van der Waals surface area (Å²) in [4.78, 5) is 38.9. The van der Waals surface area contributed by atoms with Crippen molar-refractivity contribution in [2.24, 2.45) is 0 Å². The Morgan fingerprint density at radius 1 is 1.13 bits per heavy atom. The number of hydrogen-bond donors (Lipinski definition) is 2. The van der Waals surface area contributed by atoms with E-state index in [1.54, 1.807) is 36.4 Å². The number of rotatable bonds is 6. The Hall–Kier alpha value is -3.03. The number of carbonyl (C=O) groups is 3. The molecule has 0 saturated carbocycles. The molecule has 2 aliphatic rings. The molecule has 0 saturated heterocycles. The number of amides is 3. The molecule has 31 heavy (non-hydrogen) atoms. The maximum Gasteiger partial charge on any atom is 0.338 e. The van der Waals surface area contributed by atoms with Crippen molar-refractivity contribution in [2.45, 2.75) is 12.5 Å². The average Bonchev–Trinajstić information content (AvgIpc) is 3.13. The third kappa shape index (κ3) is 4.52. The van der Waals surface area contributed by atoms with Gasteiger partial charge in [0.1, 0.15) is 13.2 Å². The minimum atomic E-state index is -0.726. The molecule has 2 heterocycles. The van der Waals surface area contributed by atoms with Crippen LogP contribution in [0.15, 0.2) is 59.8 Å². The Morgan fingerprint density at radius 3 is 2.61 bits per heavy atom. The lowest BCUT2D eigenvalue weighted by Gasteiger charge is -2.32. The van der Waals surface area contributed by atoms with Crippen LogP contribution < -0.4 is 10.6 Å². The van der Waals surface area contributed by atoms with E-state index in [-0.39, 0.29) is 19.1 Å². The zero-order valence-electron chi connectivity index (χ0n) is 16.4. The van der Waals surface area contributed by atoms with Gasteiger partial charge in [0.25, 0.3) is 0 Å². The molecule has 0 aromatic heterocycles. The van der Waals surface area contributed by atoms with Crippen LogP contribution >= 0.6 is 23.2 Å². The predicted molar refractivity (Wildman–Crippen MR) is 116 cm³/mol. The summed E-state index contributed by atoms with van der Waals surface area (Å²) in [6.45, 7) is 0.108. The molecule has 2 N–H and O–H groups in total. The van der Waals surface area contributed by atoms with Gasteiger partial charge in [0.2, 0.25) is 5.91 Å². The van der Waals surface area contributed by atoms with E-state index in [1.807, 2.05) is 12.1 Å². The summed E-state index contributed by atoms with van der Waals surface area (Å²) in [6, 6.07) is 13.1. The van der Waals surface area contributed by atoms with Gasteiger partial charge in [-0.25, -0.2) is 9.59 Å². The fourth-order valence-electron chi connectivity index (χ4n) is 3.62. The first kappa shape index (κ1) is 21.2. The Morgan fingerprint density at radius 2 is 1.87 bits per heavy atom. The fraction of sp³-hybridized carbons (Fsp3) is 0.227. The summed E-state index contributed by atoms with van der Waals surface area (Å²) in [5.74, 6) is -0.875. The second kappa shape index (κ2) is 8.99. The van der Waals surface area contributed by atoms with E-state index in [1.165, 1.54) is 4.90 Å². The molecule has 3 amide bonds. The van der Waals surface area contributed by atoms with E-state index in [9.17, 15) is 14.4 Å². The van der Waals surface area contributed by atoms with Gasteiger partial charge < -0.3 is 15.4 Å². The van der Waals surface area contributed by atoms with Gasteiger partial charge in [0, 0.05) is 16.6 Å². The maximum absolute atomic E-state index is 12.8. The highest BCUT2D eigenvalue weighted by molar-refractivity contribution is 6.31. The number of halogens is 2. The zero-order valence-corrected chi connectivity index (χ0v) is 17.9. The van der Waals surface area contributed by atoms with Gasteiger partial charge in [-0.1, -0.05) is 53.5 Å². The predicted octanol–water partition coefficient (Wildman–Crippen LogP) is 3.23. The van der Waals surface area contributed by atoms with Crippen molar-refractivity contribution < 1.29 is 19.1 Å². The zero-order chi connectivity index (χ0) is 22.0. The first-order chi connectivity index (χ1) is 14.9. The van der Waals surface area contributed by atoms with Crippen LogP contribution in [-0.4, -0.2) is 42.5 Å². The van der Waals surface area contributed by atoms with Gasteiger partial charge in [-0.05, 0) is 35.7 Å². The SMILES string of the molecule is O=C(CN1C(=O)N[C@H](c2ccccc2Cl)C2=C1COC2=O)NCCc1ccc(Cl)cc1. The molecule has 2 aromatic carbocycles. The van der Waals surface area contributed by atoms with Gasteiger partial charge in [-0.15, -0.1) is 0 Å². The molecule has 0 radical (unpaired) electrons. The van der Waals surface area contributed by atoms with E-state index >= 15 is 0 Å². The molecule has 9 heteroatoms. The highest BCUT2D eigenvalue weighted by Gasteiger charge is 2.43. The molecule has 1 atom stereocenters. The van der Waals surface area contributed by atoms with Gasteiger partial charge >= 0.3 is 12.0 Å². The van der Waals surface area contributed by atoms with E-state index in [0.717, 1.165) is 5.56 Å². The topological polar surface area (TPSA) is 87.7 Å². The maximum atomic E-state index is 12.8. The number of cyclic esters (lactones) is 1. The van der Waals surface area contributed by atoms with Crippen LogP contribution in [0, 0.1) is 0 Å². The van der Waals surface area contributed by atoms with Crippen molar-refractivity contribution in [1.29, 1.82) is 0 Å². The molecule has 7 nitrogen and oxygen atoms in total. The van der Waals surface area contributed by atoms with Crippen molar-refractivity contribution in [1.82, 2.24) is 15.5 Å². The summed E-state index contributed by atoms with van der Waals surface area (Å²) in [6.07, 6.45) is 0.624. The molecular weight excluding hydrogens is 441 g/mol. The lowest BCUT2D eigenvalue weighted by molar-refractivity contribution is -0.136. The molecule has 0 aliphatic carbocycles. The van der Waals surface area contributed by atoms with Crippen LogP contribution in [-0.2, 0) is 20.7 Å². The second-order valence-corrected chi connectivity index (χ2v) is 8.00. The third-order valence-electron chi connectivity index (χ3n) is 5.17. The van der Waals surface area contributed by atoms with Crippen LogP contribution in [0.4, 0.5) is 4.79 Å². The summed E-state index contributed by atoms with van der Waals surface area (Å²) >= 11 is 12.1. The molecule has 160 valence electrons. The lowest BCUT2D eigenvalue weighted by atomic mass is 9.95. The number of nitrogens with zero attached hydrogens (tertiary/aromatic N) is 1. The van der Waals surface area contributed by atoms with Crippen LogP contribution in [0.1, 0.15) is 17.2 Å². The fourth-order valence-corrected chi connectivity index (χ4v) is 3.99. The number of ether oxygens (including phenoxy) is 1. The standard InChI is InChI=1S/C22H19Cl2N3O4/c23-14-7-5-13(6-8-14)9-10-25-18(28)11-27-17-12-31-21(29)19(17)20(26-22(27)30)15-3-1-2-4-16(15)24/h1-8,20H,9-12H2,(H,25,28)(H,26,30)/t20-/m1/s1. The quantitative estimate of drug-likeness (QED) is 0.649. The largest absolute Gasteiger partial charge is 0.456 e. The van der Waals surface area contributed by atoms with Gasteiger partial charge in [-0.3, -0.25) is 9.69 Å². The van der Waals surface area contributed by atoms with Crippen LogP contribution in [0.5, 0.6) is 0 Å². The average molecular weight is 460 g/mol. The van der Waals surface area contributed by atoms with E-state index < -0.39 is 18.0 Å². The molecule has 4 rings (SSSR count). The van der Waals surface area contributed by atoms with Crippen molar-refractivity contribution in [2.75, 3.05) is 19.7 Å². The molecule has 0 spiro atoms. The van der Waals surface area contributed by atoms with Gasteiger partial charge in [-0.2, -0.15) is 0 Å². The summed E-state index contributed by atoms with van der Waals surface area (Å²) in [5.41, 5.74) is 2.30. The number of nitrogens with one attached hydrogen (secondary N) is 2. The molecule has 0 fully saturated rings. The normalized spacial score (nSPS) is 17.9. The summed E-state index contributed by atoms with van der Waals surface area (Å²) < 4.78 is 5.17. The van der Waals surface area contributed by atoms with Crippen molar-refractivity contribution in [3.63, 3.8) is 0 Å².